The Labute approximate surface area is 128 Å². The molecule has 0 aromatic carbocycles. The van der Waals surface area contributed by atoms with Crippen molar-refractivity contribution in [3.63, 3.8) is 0 Å². The van der Waals surface area contributed by atoms with Gasteiger partial charge in [-0.1, -0.05) is 6.08 Å². The molecule has 0 aliphatic carbocycles. The number of esters is 3. The van der Waals surface area contributed by atoms with Crippen LogP contribution >= 0.6 is 0 Å². The van der Waals surface area contributed by atoms with Crippen molar-refractivity contribution < 1.29 is 38.1 Å². The minimum absolute atomic E-state index is 0.0551. The highest BCUT2D eigenvalue weighted by Gasteiger charge is 2.51. The molecule has 1 aliphatic rings. The van der Waals surface area contributed by atoms with Crippen LogP contribution in [0, 0.1) is 0 Å². The van der Waals surface area contributed by atoms with Crippen molar-refractivity contribution in [3.8, 4) is 0 Å². The summed E-state index contributed by atoms with van der Waals surface area (Å²) in [5, 5.41) is 0. The fraction of sp³-hybridized carbons (Fsp3) is 0.643. The molecule has 0 saturated carbocycles. The Hall–Kier alpha value is -1.93. The minimum Gasteiger partial charge on any atom is -0.455 e. The lowest BCUT2D eigenvalue weighted by Crippen LogP contribution is -2.41. The first-order valence-electron chi connectivity index (χ1n) is 6.71. The molecule has 0 aromatic heterocycles. The zero-order valence-electron chi connectivity index (χ0n) is 12.8. The standard InChI is InChI=1S/C14H20O8/c1-5-6-18-7-11-12(19-8(2)15)13(20-9(3)16)14(22-11)21-10(4)17/h5,11-14H,1,6-7H2,2-4H3/t11-,12-,13-,14+/m1/s1. The van der Waals surface area contributed by atoms with Gasteiger partial charge in [0.15, 0.2) is 6.10 Å². The predicted molar refractivity (Wildman–Crippen MR) is 72.6 cm³/mol. The van der Waals surface area contributed by atoms with Gasteiger partial charge >= 0.3 is 17.9 Å². The van der Waals surface area contributed by atoms with Gasteiger partial charge < -0.3 is 23.7 Å². The number of ether oxygens (including phenoxy) is 5. The van der Waals surface area contributed by atoms with Crippen molar-refractivity contribution in [2.24, 2.45) is 0 Å². The first kappa shape index (κ1) is 18.1. The van der Waals surface area contributed by atoms with E-state index in [-0.39, 0.29) is 13.2 Å². The molecule has 0 unspecified atom stereocenters. The van der Waals surface area contributed by atoms with Crippen LogP contribution in [0.3, 0.4) is 0 Å². The molecule has 0 aromatic rings. The number of hydrogen-bond donors (Lipinski definition) is 0. The Morgan fingerprint density at radius 2 is 1.55 bits per heavy atom. The van der Waals surface area contributed by atoms with E-state index < -0.39 is 42.5 Å². The van der Waals surface area contributed by atoms with Crippen molar-refractivity contribution in [1.29, 1.82) is 0 Å². The third kappa shape index (κ3) is 5.45. The Kier molecular flexibility index (Phi) is 7.00. The molecule has 1 aliphatic heterocycles. The highest BCUT2D eigenvalue weighted by Crippen LogP contribution is 2.28. The molecule has 0 N–H and O–H groups in total. The maximum Gasteiger partial charge on any atom is 0.305 e. The van der Waals surface area contributed by atoms with Crippen LogP contribution < -0.4 is 0 Å². The van der Waals surface area contributed by atoms with E-state index in [1.54, 1.807) is 6.08 Å². The number of rotatable bonds is 7. The fourth-order valence-corrected chi connectivity index (χ4v) is 2.00. The van der Waals surface area contributed by atoms with Crippen LogP contribution in [0.25, 0.3) is 0 Å². The highest BCUT2D eigenvalue weighted by molar-refractivity contribution is 5.68. The maximum atomic E-state index is 11.3. The van der Waals surface area contributed by atoms with Gasteiger partial charge in [-0.25, -0.2) is 0 Å². The quantitative estimate of drug-likeness (QED) is 0.287. The molecule has 4 atom stereocenters. The third-order valence-electron chi connectivity index (χ3n) is 2.67. The van der Waals surface area contributed by atoms with Crippen LogP contribution in [0.4, 0.5) is 0 Å². The van der Waals surface area contributed by atoms with Crippen molar-refractivity contribution in [3.05, 3.63) is 12.7 Å². The second kappa shape index (κ2) is 8.50. The van der Waals surface area contributed by atoms with Crippen LogP contribution in [0.1, 0.15) is 20.8 Å². The second-order valence-corrected chi connectivity index (χ2v) is 4.63. The van der Waals surface area contributed by atoms with Crippen molar-refractivity contribution in [2.45, 2.75) is 45.4 Å². The molecule has 1 saturated heterocycles. The van der Waals surface area contributed by atoms with Crippen molar-refractivity contribution in [2.75, 3.05) is 13.2 Å². The monoisotopic (exact) mass is 316 g/mol. The molecule has 0 bridgehead atoms. The molecular weight excluding hydrogens is 296 g/mol. The summed E-state index contributed by atoms with van der Waals surface area (Å²) in [5.41, 5.74) is 0. The van der Waals surface area contributed by atoms with Gasteiger partial charge in [0.25, 0.3) is 0 Å². The Balaban J connectivity index is 2.89. The van der Waals surface area contributed by atoms with Crippen LogP contribution in [-0.4, -0.2) is 55.7 Å². The van der Waals surface area contributed by atoms with E-state index in [4.69, 9.17) is 23.7 Å². The Morgan fingerprint density at radius 3 is 2.05 bits per heavy atom. The topological polar surface area (TPSA) is 97.4 Å². The molecular formula is C14H20O8. The Morgan fingerprint density at radius 1 is 1.00 bits per heavy atom. The normalized spacial score (nSPS) is 27.0. The van der Waals surface area contributed by atoms with E-state index in [9.17, 15) is 14.4 Å². The van der Waals surface area contributed by atoms with Gasteiger partial charge in [0, 0.05) is 20.8 Å². The molecule has 0 amide bonds. The first-order valence-corrected chi connectivity index (χ1v) is 6.71. The van der Waals surface area contributed by atoms with Gasteiger partial charge in [0.05, 0.1) is 13.2 Å². The van der Waals surface area contributed by atoms with E-state index in [1.807, 2.05) is 0 Å². The SMILES string of the molecule is C=CCOC[C@H]1O[C@H](OC(C)=O)[C@H](OC(C)=O)[C@@H]1OC(C)=O. The predicted octanol–water partition coefficient (Wildman–Crippen LogP) is 0.340. The summed E-state index contributed by atoms with van der Waals surface area (Å²) >= 11 is 0. The molecule has 22 heavy (non-hydrogen) atoms. The van der Waals surface area contributed by atoms with E-state index in [0.29, 0.717) is 0 Å². The van der Waals surface area contributed by atoms with E-state index in [2.05, 4.69) is 6.58 Å². The summed E-state index contributed by atoms with van der Waals surface area (Å²) in [6.07, 6.45) is -2.35. The van der Waals surface area contributed by atoms with Gasteiger partial charge in [-0.05, 0) is 0 Å². The Bertz CT molecular complexity index is 433. The minimum atomic E-state index is -1.16. The molecule has 1 heterocycles. The molecule has 8 nitrogen and oxygen atoms in total. The maximum absolute atomic E-state index is 11.3. The van der Waals surface area contributed by atoms with Crippen LogP contribution in [0.2, 0.25) is 0 Å². The summed E-state index contributed by atoms with van der Waals surface area (Å²) in [4.78, 5) is 33.6. The van der Waals surface area contributed by atoms with Gasteiger partial charge in [-0.2, -0.15) is 0 Å². The van der Waals surface area contributed by atoms with Gasteiger partial charge in [-0.15, -0.1) is 6.58 Å². The summed E-state index contributed by atoms with van der Waals surface area (Å²) in [7, 11) is 0. The average Bonchev–Trinajstić information content (AvgIpc) is 2.67. The smallest absolute Gasteiger partial charge is 0.305 e. The van der Waals surface area contributed by atoms with Crippen LogP contribution in [0.5, 0.6) is 0 Å². The second-order valence-electron chi connectivity index (χ2n) is 4.63. The van der Waals surface area contributed by atoms with E-state index in [1.165, 1.54) is 20.8 Å². The van der Waals surface area contributed by atoms with Crippen LogP contribution in [-0.2, 0) is 38.1 Å². The van der Waals surface area contributed by atoms with Gasteiger partial charge in [0.2, 0.25) is 12.4 Å². The lowest BCUT2D eigenvalue weighted by molar-refractivity contribution is -0.196. The van der Waals surface area contributed by atoms with Crippen LogP contribution in [0.15, 0.2) is 12.7 Å². The van der Waals surface area contributed by atoms with E-state index in [0.717, 1.165) is 0 Å². The van der Waals surface area contributed by atoms with Crippen molar-refractivity contribution in [1.82, 2.24) is 0 Å². The molecule has 1 fully saturated rings. The van der Waals surface area contributed by atoms with Gasteiger partial charge in [0.1, 0.15) is 6.10 Å². The summed E-state index contributed by atoms with van der Waals surface area (Å²) in [5.74, 6) is -1.81. The molecule has 0 radical (unpaired) electrons. The fourth-order valence-electron chi connectivity index (χ4n) is 2.00. The molecule has 124 valence electrons. The molecule has 1 rings (SSSR count). The largest absolute Gasteiger partial charge is 0.455 e. The molecule has 0 spiro atoms. The highest BCUT2D eigenvalue weighted by atomic mass is 16.7. The zero-order valence-corrected chi connectivity index (χ0v) is 12.8. The zero-order chi connectivity index (χ0) is 16.7. The summed E-state index contributed by atoms with van der Waals surface area (Å²) < 4.78 is 25.9. The first-order chi connectivity index (χ1) is 10.3. The van der Waals surface area contributed by atoms with Gasteiger partial charge in [-0.3, -0.25) is 14.4 Å². The number of carbonyl (C=O) groups is 3. The summed E-state index contributed by atoms with van der Waals surface area (Å²) in [6.45, 7) is 7.43. The average molecular weight is 316 g/mol. The summed E-state index contributed by atoms with van der Waals surface area (Å²) in [6, 6.07) is 0. The number of carbonyl (C=O) groups excluding carboxylic acids is 3. The lowest BCUT2D eigenvalue weighted by atomic mass is 10.1. The lowest BCUT2D eigenvalue weighted by Gasteiger charge is -2.22. The number of hydrogen-bond acceptors (Lipinski definition) is 8. The van der Waals surface area contributed by atoms with E-state index >= 15 is 0 Å². The van der Waals surface area contributed by atoms with Crippen molar-refractivity contribution >= 4 is 17.9 Å². The third-order valence-corrected chi connectivity index (χ3v) is 2.67. The molecule has 8 heteroatoms.